The molecule has 2 aliphatic rings. The highest BCUT2D eigenvalue weighted by Gasteiger charge is 2.50. The lowest BCUT2D eigenvalue weighted by atomic mass is 9.84. The van der Waals surface area contributed by atoms with Gasteiger partial charge in [-0.3, -0.25) is 5.10 Å². The molecule has 2 aromatic heterocycles. The van der Waals surface area contributed by atoms with E-state index in [4.69, 9.17) is 0 Å². The number of piperidine rings is 1. The van der Waals surface area contributed by atoms with Crippen molar-refractivity contribution in [2.75, 3.05) is 18.1 Å². The number of hydrogen-bond acceptors (Lipinski definition) is 6. The molecule has 3 atom stereocenters. The molecule has 1 aromatic carbocycles. The number of alkyl halides is 1. The van der Waals surface area contributed by atoms with Crippen molar-refractivity contribution in [3.8, 4) is 28.1 Å². The monoisotopic (exact) mass is 472 g/mol. The molecule has 7 nitrogen and oxygen atoms in total. The number of aromatic nitrogens is 4. The molecule has 2 saturated heterocycles. The van der Waals surface area contributed by atoms with Gasteiger partial charge in [0.1, 0.15) is 12.4 Å². The molecule has 2 aliphatic heterocycles. The molecule has 3 aromatic rings. The third-order valence-electron chi connectivity index (χ3n) is 7.17. The van der Waals surface area contributed by atoms with Gasteiger partial charge < -0.3 is 15.3 Å². The quantitative estimate of drug-likeness (QED) is 0.494. The Morgan fingerprint density at radius 2 is 1.85 bits per heavy atom. The van der Waals surface area contributed by atoms with E-state index in [1.807, 2.05) is 4.90 Å². The average Bonchev–Trinajstić information content (AvgIpc) is 3.41. The van der Waals surface area contributed by atoms with E-state index >= 15 is 0 Å². The molecular formula is C24H27F3N6O. The summed E-state index contributed by atoms with van der Waals surface area (Å²) in [5.41, 5.74) is -0.221. The summed E-state index contributed by atoms with van der Waals surface area (Å²) in [6.07, 6.45) is 6.56. The van der Waals surface area contributed by atoms with E-state index in [1.165, 1.54) is 18.5 Å². The standard InChI is InChI=1S/C24H27F3N6O/c1-23-5-6-24(2,32-23)11-15(10-23)33(8-7-25)19-4-3-17(30-31-19)20-18(34)9-16(21(26)22(20)27)14-12-28-29-13-14/h3-4,9,12-13,15,32,34H,5-8,10-11H2,1-2H3,(H,28,29)/t15-,23+,24-. The summed E-state index contributed by atoms with van der Waals surface area (Å²) >= 11 is 0. The maximum Gasteiger partial charge on any atom is 0.172 e. The average molecular weight is 473 g/mol. The summed E-state index contributed by atoms with van der Waals surface area (Å²) in [5.74, 6) is -2.34. The number of halogens is 3. The van der Waals surface area contributed by atoms with Crippen molar-refractivity contribution in [3.63, 3.8) is 0 Å². The Balaban J connectivity index is 1.46. The van der Waals surface area contributed by atoms with Crippen LogP contribution in [-0.4, -0.2) is 55.8 Å². The van der Waals surface area contributed by atoms with Crippen molar-refractivity contribution in [2.45, 2.75) is 56.7 Å². The van der Waals surface area contributed by atoms with Gasteiger partial charge in [0.2, 0.25) is 0 Å². The van der Waals surface area contributed by atoms with E-state index < -0.39 is 24.1 Å². The molecule has 0 saturated carbocycles. The fourth-order valence-corrected chi connectivity index (χ4v) is 5.70. The van der Waals surface area contributed by atoms with Crippen LogP contribution in [0, 0.1) is 11.6 Å². The third kappa shape index (κ3) is 3.89. The zero-order valence-electron chi connectivity index (χ0n) is 19.1. The van der Waals surface area contributed by atoms with Gasteiger partial charge in [0.05, 0.1) is 17.5 Å². The Morgan fingerprint density at radius 1 is 1.12 bits per heavy atom. The van der Waals surface area contributed by atoms with Gasteiger partial charge in [0.15, 0.2) is 17.5 Å². The second-order valence-corrected chi connectivity index (χ2v) is 9.90. The summed E-state index contributed by atoms with van der Waals surface area (Å²) in [6.45, 7) is 4.01. The molecular weight excluding hydrogens is 445 g/mol. The van der Waals surface area contributed by atoms with Crippen LogP contribution in [0.4, 0.5) is 19.0 Å². The highest BCUT2D eigenvalue weighted by molar-refractivity contribution is 5.75. The molecule has 180 valence electrons. The lowest BCUT2D eigenvalue weighted by molar-refractivity contribution is 0.203. The van der Waals surface area contributed by atoms with E-state index in [0.717, 1.165) is 31.7 Å². The molecule has 0 aliphatic carbocycles. The molecule has 10 heteroatoms. The van der Waals surface area contributed by atoms with Gasteiger partial charge in [-0.2, -0.15) is 5.10 Å². The van der Waals surface area contributed by atoms with Gasteiger partial charge in [0, 0.05) is 41.0 Å². The van der Waals surface area contributed by atoms with Crippen molar-refractivity contribution in [1.29, 1.82) is 0 Å². The van der Waals surface area contributed by atoms with Crippen LogP contribution in [-0.2, 0) is 0 Å². The molecule has 3 N–H and O–H groups in total. The number of fused-ring (bicyclic) bond motifs is 2. The van der Waals surface area contributed by atoms with Crippen LogP contribution in [0.15, 0.2) is 30.6 Å². The summed E-state index contributed by atoms with van der Waals surface area (Å²) in [4.78, 5) is 1.91. The normalized spacial score (nSPS) is 26.1. The summed E-state index contributed by atoms with van der Waals surface area (Å²) in [5, 5.41) is 28.7. The van der Waals surface area contributed by atoms with Crippen molar-refractivity contribution in [1.82, 2.24) is 25.7 Å². The highest BCUT2D eigenvalue weighted by Crippen LogP contribution is 2.44. The fourth-order valence-electron chi connectivity index (χ4n) is 5.70. The van der Waals surface area contributed by atoms with Gasteiger partial charge in [-0.25, -0.2) is 13.2 Å². The minimum Gasteiger partial charge on any atom is -0.507 e. The molecule has 34 heavy (non-hydrogen) atoms. The smallest absolute Gasteiger partial charge is 0.172 e. The van der Waals surface area contributed by atoms with E-state index in [0.29, 0.717) is 11.4 Å². The van der Waals surface area contributed by atoms with Crippen LogP contribution < -0.4 is 10.2 Å². The lowest BCUT2D eigenvalue weighted by Gasteiger charge is -2.46. The Bertz CT molecular complexity index is 1170. The number of nitrogens with zero attached hydrogens (tertiary/aromatic N) is 4. The Kier molecular flexibility index (Phi) is 5.50. The van der Waals surface area contributed by atoms with Crippen LogP contribution in [0.2, 0.25) is 0 Å². The number of aromatic hydroxyl groups is 1. The first-order valence-electron chi connectivity index (χ1n) is 11.4. The summed E-state index contributed by atoms with van der Waals surface area (Å²) < 4.78 is 43.2. The SMILES string of the molecule is C[C@]12CC[C@](C)(C[C@H](N(CCF)c3ccc(-c4c(O)cc(-c5cn[nH]c5)c(F)c4F)nn3)C1)N2. The highest BCUT2D eigenvalue weighted by atomic mass is 19.2. The van der Waals surface area contributed by atoms with E-state index in [-0.39, 0.29) is 40.5 Å². The number of benzene rings is 1. The van der Waals surface area contributed by atoms with Gasteiger partial charge in [-0.1, -0.05) is 0 Å². The fraction of sp³-hybridized carbons (Fsp3) is 0.458. The van der Waals surface area contributed by atoms with Crippen LogP contribution in [0.3, 0.4) is 0 Å². The third-order valence-corrected chi connectivity index (χ3v) is 7.17. The summed E-state index contributed by atoms with van der Waals surface area (Å²) in [6, 6.07) is 4.30. The Hall–Kier alpha value is -3.14. The van der Waals surface area contributed by atoms with Crippen molar-refractivity contribution >= 4 is 5.82 Å². The number of H-pyrrole nitrogens is 1. The van der Waals surface area contributed by atoms with Gasteiger partial charge in [0.25, 0.3) is 0 Å². The molecule has 4 heterocycles. The zero-order valence-corrected chi connectivity index (χ0v) is 19.1. The minimum absolute atomic E-state index is 0.0111. The van der Waals surface area contributed by atoms with Gasteiger partial charge in [-0.15, -0.1) is 10.2 Å². The topological polar surface area (TPSA) is 90.0 Å². The Labute approximate surface area is 195 Å². The number of phenolic OH excluding ortho intramolecular Hbond substituents is 1. The van der Waals surface area contributed by atoms with Crippen molar-refractivity contribution in [3.05, 3.63) is 42.2 Å². The van der Waals surface area contributed by atoms with Crippen LogP contribution in [0.25, 0.3) is 22.4 Å². The number of anilines is 1. The van der Waals surface area contributed by atoms with Gasteiger partial charge >= 0.3 is 0 Å². The predicted molar refractivity (Wildman–Crippen MR) is 122 cm³/mol. The number of nitrogens with one attached hydrogen (secondary N) is 2. The second-order valence-electron chi connectivity index (χ2n) is 9.90. The first-order chi connectivity index (χ1) is 16.2. The number of aromatic amines is 1. The summed E-state index contributed by atoms with van der Waals surface area (Å²) in [7, 11) is 0. The van der Waals surface area contributed by atoms with Crippen molar-refractivity contribution in [2.24, 2.45) is 0 Å². The van der Waals surface area contributed by atoms with E-state index in [9.17, 15) is 18.3 Å². The maximum absolute atomic E-state index is 14.9. The first kappa shape index (κ1) is 22.6. The van der Waals surface area contributed by atoms with Crippen LogP contribution >= 0.6 is 0 Å². The Morgan fingerprint density at radius 3 is 2.44 bits per heavy atom. The van der Waals surface area contributed by atoms with Crippen LogP contribution in [0.1, 0.15) is 39.5 Å². The molecule has 0 unspecified atom stereocenters. The lowest BCUT2D eigenvalue weighted by Crippen LogP contribution is -2.59. The molecule has 0 radical (unpaired) electrons. The maximum atomic E-state index is 14.9. The molecule has 0 spiro atoms. The molecule has 2 bridgehead atoms. The van der Waals surface area contributed by atoms with Gasteiger partial charge in [-0.05, 0) is 57.7 Å². The minimum atomic E-state index is -1.23. The number of phenols is 1. The van der Waals surface area contributed by atoms with Crippen molar-refractivity contribution < 1.29 is 18.3 Å². The molecule has 5 rings (SSSR count). The van der Waals surface area contributed by atoms with Crippen LogP contribution in [0.5, 0.6) is 5.75 Å². The number of hydrogen-bond donors (Lipinski definition) is 3. The van der Waals surface area contributed by atoms with E-state index in [2.05, 4.69) is 39.6 Å². The molecule has 0 amide bonds. The second kappa shape index (κ2) is 8.26. The first-order valence-corrected chi connectivity index (χ1v) is 11.4. The largest absolute Gasteiger partial charge is 0.507 e. The van der Waals surface area contributed by atoms with E-state index in [1.54, 1.807) is 6.07 Å². The zero-order chi connectivity index (χ0) is 24.1. The molecule has 2 fully saturated rings. The predicted octanol–water partition coefficient (Wildman–Crippen LogP) is 4.36. The number of rotatable bonds is 6.